The minimum atomic E-state index is -0.837. The molecule has 1 aromatic heterocycles. The monoisotopic (exact) mass is 577 g/mol. The number of benzene rings is 2. The van der Waals surface area contributed by atoms with Gasteiger partial charge in [0.15, 0.2) is 11.6 Å². The Kier molecular flexibility index (Phi) is 12.4. The van der Waals surface area contributed by atoms with Gasteiger partial charge in [0, 0.05) is 42.1 Å². The van der Waals surface area contributed by atoms with Crippen molar-refractivity contribution >= 4 is 28.8 Å². The number of aliphatic hydroxyl groups excluding tert-OH is 1. The zero-order valence-electron chi connectivity index (χ0n) is 24.8. The van der Waals surface area contributed by atoms with Crippen LogP contribution >= 0.6 is 11.3 Å². The van der Waals surface area contributed by atoms with E-state index in [0.29, 0.717) is 43.0 Å². The van der Waals surface area contributed by atoms with E-state index in [0.717, 1.165) is 22.7 Å². The minimum Gasteiger partial charge on any atom is -0.391 e. The molecule has 3 atom stereocenters. The van der Waals surface area contributed by atoms with E-state index in [9.17, 15) is 19.5 Å². The lowest BCUT2D eigenvalue weighted by Gasteiger charge is -2.24. The second-order valence-electron chi connectivity index (χ2n) is 11.3. The summed E-state index contributed by atoms with van der Waals surface area (Å²) in [7, 11) is 1.73. The largest absolute Gasteiger partial charge is 0.391 e. The maximum atomic E-state index is 13.5. The van der Waals surface area contributed by atoms with Gasteiger partial charge >= 0.3 is 0 Å². The number of hydrogen-bond acceptors (Lipinski definition) is 7. The number of hydrogen-bond donors (Lipinski definition) is 2. The highest BCUT2D eigenvalue weighted by Crippen LogP contribution is 2.19. The molecule has 3 unspecified atom stereocenters. The number of carbonyl (C=O) groups excluding carboxylic acids is 3. The Labute approximate surface area is 248 Å². The van der Waals surface area contributed by atoms with Crippen molar-refractivity contribution in [2.24, 2.45) is 11.8 Å². The van der Waals surface area contributed by atoms with Gasteiger partial charge < -0.3 is 15.3 Å². The molecule has 220 valence electrons. The van der Waals surface area contributed by atoms with Gasteiger partial charge in [0.25, 0.3) is 5.91 Å². The minimum absolute atomic E-state index is 0.0123. The molecule has 1 heterocycles. The lowest BCUT2D eigenvalue weighted by atomic mass is 9.90. The van der Waals surface area contributed by atoms with Crippen LogP contribution in [-0.2, 0) is 17.8 Å². The van der Waals surface area contributed by atoms with E-state index in [2.05, 4.69) is 24.1 Å². The number of amides is 1. The second kappa shape index (κ2) is 15.7. The van der Waals surface area contributed by atoms with E-state index in [1.54, 1.807) is 43.1 Å². The zero-order valence-corrected chi connectivity index (χ0v) is 25.6. The SMILES string of the molecule is Cc1csc(CN(C)C(=O)c2cccc(C(=O)CC(CNC(C(=O)CCC(C)C)C(C)O)Cc3ccccc3)c2)n1. The maximum Gasteiger partial charge on any atom is 0.253 e. The van der Waals surface area contributed by atoms with Crippen LogP contribution < -0.4 is 5.32 Å². The molecule has 0 fully saturated rings. The number of carbonyl (C=O) groups is 3. The number of aryl methyl sites for hydroxylation is 1. The maximum absolute atomic E-state index is 13.5. The highest BCUT2D eigenvalue weighted by Gasteiger charge is 2.25. The smallest absolute Gasteiger partial charge is 0.253 e. The molecule has 0 aliphatic carbocycles. The second-order valence-corrected chi connectivity index (χ2v) is 12.3. The summed E-state index contributed by atoms with van der Waals surface area (Å²) in [6, 6.07) is 16.1. The molecule has 0 saturated heterocycles. The van der Waals surface area contributed by atoms with Crippen LogP contribution in [0.1, 0.15) is 77.0 Å². The number of aliphatic hydroxyl groups is 1. The van der Waals surface area contributed by atoms with Crippen LogP contribution in [-0.4, -0.2) is 58.2 Å². The van der Waals surface area contributed by atoms with Crippen molar-refractivity contribution in [3.63, 3.8) is 0 Å². The van der Waals surface area contributed by atoms with Gasteiger partial charge in [-0.25, -0.2) is 4.98 Å². The Balaban J connectivity index is 1.71. The van der Waals surface area contributed by atoms with Crippen LogP contribution in [0.15, 0.2) is 60.0 Å². The number of thiazole rings is 1. The zero-order chi connectivity index (χ0) is 29.9. The highest BCUT2D eigenvalue weighted by molar-refractivity contribution is 7.09. The van der Waals surface area contributed by atoms with Gasteiger partial charge in [0.1, 0.15) is 5.01 Å². The molecule has 41 heavy (non-hydrogen) atoms. The first-order valence-corrected chi connectivity index (χ1v) is 15.2. The average Bonchev–Trinajstić information content (AvgIpc) is 3.35. The third-order valence-corrected chi connectivity index (χ3v) is 8.03. The van der Waals surface area contributed by atoms with Gasteiger partial charge in [-0.1, -0.05) is 56.3 Å². The molecule has 0 radical (unpaired) electrons. The molecule has 3 rings (SSSR count). The lowest BCUT2D eigenvalue weighted by Crippen LogP contribution is -2.47. The van der Waals surface area contributed by atoms with Gasteiger partial charge in [-0.3, -0.25) is 14.4 Å². The van der Waals surface area contributed by atoms with Gasteiger partial charge in [-0.2, -0.15) is 0 Å². The van der Waals surface area contributed by atoms with Crippen LogP contribution in [0.3, 0.4) is 0 Å². The third kappa shape index (κ3) is 10.3. The molecular formula is C33H43N3O4S. The third-order valence-electron chi connectivity index (χ3n) is 7.08. The summed E-state index contributed by atoms with van der Waals surface area (Å²) in [5, 5.41) is 16.4. The fraction of sp³-hybridized carbons (Fsp3) is 0.455. The van der Waals surface area contributed by atoms with Crippen molar-refractivity contribution in [2.45, 2.75) is 72.1 Å². The normalized spacial score (nSPS) is 13.5. The molecule has 0 bridgehead atoms. The summed E-state index contributed by atoms with van der Waals surface area (Å²) in [6.07, 6.45) is 1.21. The molecule has 0 saturated carbocycles. The fourth-order valence-corrected chi connectivity index (χ4v) is 5.60. The standard InChI is InChI=1S/C33H43N3O4S/c1-22(2)14-15-29(38)32(24(4)37)34-19-26(16-25-10-7-6-8-11-25)17-30(39)27-12-9-13-28(18-27)33(40)36(5)20-31-35-23(3)21-41-31/h6-13,18,21-22,24,26,32,34,37H,14-17,19-20H2,1-5H3. The summed E-state index contributed by atoms with van der Waals surface area (Å²) < 4.78 is 0. The molecule has 0 aliphatic rings. The molecule has 7 nitrogen and oxygen atoms in total. The first-order chi connectivity index (χ1) is 19.5. The summed E-state index contributed by atoms with van der Waals surface area (Å²) in [5.74, 6) is 0.0343. The van der Waals surface area contributed by atoms with E-state index in [1.807, 2.05) is 42.6 Å². The van der Waals surface area contributed by atoms with Crippen molar-refractivity contribution in [3.05, 3.63) is 87.4 Å². The predicted octanol–water partition coefficient (Wildman–Crippen LogP) is 5.50. The number of nitrogens with zero attached hydrogens (tertiary/aromatic N) is 2. The summed E-state index contributed by atoms with van der Waals surface area (Å²) in [6.45, 7) is 8.49. The first-order valence-electron chi connectivity index (χ1n) is 14.3. The topological polar surface area (TPSA) is 99.6 Å². The van der Waals surface area contributed by atoms with Crippen molar-refractivity contribution < 1.29 is 19.5 Å². The van der Waals surface area contributed by atoms with E-state index < -0.39 is 12.1 Å². The van der Waals surface area contributed by atoms with Crippen molar-refractivity contribution in [3.8, 4) is 0 Å². The summed E-state index contributed by atoms with van der Waals surface area (Å²) in [5.41, 5.74) is 2.95. The van der Waals surface area contributed by atoms with Crippen molar-refractivity contribution in [1.29, 1.82) is 0 Å². The van der Waals surface area contributed by atoms with Crippen LogP contribution in [0.4, 0.5) is 0 Å². The molecule has 0 spiro atoms. The average molecular weight is 578 g/mol. The number of rotatable bonds is 16. The van der Waals surface area contributed by atoms with Crippen LogP contribution in [0, 0.1) is 18.8 Å². The molecular weight excluding hydrogens is 534 g/mol. The number of nitrogens with one attached hydrogen (secondary N) is 1. The first kappa shape index (κ1) is 32.3. The van der Waals surface area contributed by atoms with Gasteiger partial charge in [0.05, 0.1) is 18.7 Å². The van der Waals surface area contributed by atoms with E-state index >= 15 is 0 Å². The molecule has 2 N–H and O–H groups in total. The van der Waals surface area contributed by atoms with Gasteiger partial charge in [0.2, 0.25) is 0 Å². The van der Waals surface area contributed by atoms with E-state index in [4.69, 9.17) is 0 Å². The van der Waals surface area contributed by atoms with Crippen LogP contribution in [0.2, 0.25) is 0 Å². The van der Waals surface area contributed by atoms with E-state index in [-0.39, 0.29) is 29.8 Å². The molecule has 8 heteroatoms. The van der Waals surface area contributed by atoms with E-state index in [1.165, 1.54) is 11.3 Å². The summed E-state index contributed by atoms with van der Waals surface area (Å²) in [4.78, 5) is 45.5. The number of ketones is 2. The Hall–Kier alpha value is -3.20. The highest BCUT2D eigenvalue weighted by atomic mass is 32.1. The predicted molar refractivity (Wildman–Crippen MR) is 164 cm³/mol. The quantitative estimate of drug-likeness (QED) is 0.218. The lowest BCUT2D eigenvalue weighted by molar-refractivity contribution is -0.123. The Bertz CT molecular complexity index is 1290. The van der Waals surface area contributed by atoms with Gasteiger partial charge in [-0.15, -0.1) is 11.3 Å². The Morgan fingerprint density at radius 2 is 1.73 bits per heavy atom. The molecule has 3 aromatic rings. The number of aromatic nitrogens is 1. The molecule has 2 aromatic carbocycles. The Morgan fingerprint density at radius 3 is 2.37 bits per heavy atom. The summed E-state index contributed by atoms with van der Waals surface area (Å²) >= 11 is 1.52. The van der Waals surface area contributed by atoms with Crippen molar-refractivity contribution in [1.82, 2.24) is 15.2 Å². The van der Waals surface area contributed by atoms with Crippen LogP contribution in [0.5, 0.6) is 0 Å². The fourth-order valence-electron chi connectivity index (χ4n) is 4.77. The van der Waals surface area contributed by atoms with Gasteiger partial charge in [-0.05, 0) is 62.8 Å². The Morgan fingerprint density at radius 1 is 1.02 bits per heavy atom. The van der Waals surface area contributed by atoms with Crippen LogP contribution in [0.25, 0.3) is 0 Å². The number of Topliss-reactive ketones (excluding diaryl/α,β-unsaturated/α-hetero) is 2. The molecule has 0 aliphatic heterocycles. The van der Waals surface area contributed by atoms with Crippen molar-refractivity contribution in [2.75, 3.05) is 13.6 Å². The molecule has 1 amide bonds.